The van der Waals surface area contributed by atoms with Crippen molar-refractivity contribution >= 4 is 12.4 Å². The normalized spacial score (nSPS) is 10.2. The highest BCUT2D eigenvalue weighted by Crippen LogP contribution is 2.17. The molecule has 3 heteroatoms. The van der Waals surface area contributed by atoms with Crippen LogP contribution in [0.15, 0.2) is 48.5 Å². The van der Waals surface area contributed by atoms with Gasteiger partial charge in [0.1, 0.15) is 12.4 Å². The van der Waals surface area contributed by atoms with E-state index in [1.807, 2.05) is 55.5 Å². The van der Waals surface area contributed by atoms with Crippen molar-refractivity contribution in [3.63, 3.8) is 0 Å². The van der Waals surface area contributed by atoms with Gasteiger partial charge in [-0.1, -0.05) is 49.3 Å². The fourth-order valence-corrected chi connectivity index (χ4v) is 1.77. The summed E-state index contributed by atoms with van der Waals surface area (Å²) in [6, 6.07) is 15.9. The standard InChI is InChI=1S/C15H17BO2/c1-12-8-9-14(16(2)17)10-15(12)18-11-13-6-4-3-5-7-13/h3-10,17H,11H2,1-2H3. The SMILES string of the molecule is CB(O)c1ccc(C)c(OCc2ccccc2)c1. The summed E-state index contributed by atoms with van der Waals surface area (Å²) in [5, 5.41) is 9.57. The van der Waals surface area contributed by atoms with Crippen molar-refractivity contribution < 1.29 is 9.76 Å². The molecule has 2 aromatic rings. The molecule has 0 heterocycles. The maximum atomic E-state index is 9.57. The highest BCUT2D eigenvalue weighted by Gasteiger charge is 2.09. The molecule has 18 heavy (non-hydrogen) atoms. The van der Waals surface area contributed by atoms with Crippen molar-refractivity contribution in [2.45, 2.75) is 20.4 Å². The topological polar surface area (TPSA) is 29.5 Å². The lowest BCUT2D eigenvalue weighted by molar-refractivity contribution is 0.304. The van der Waals surface area contributed by atoms with E-state index < -0.39 is 6.92 Å². The van der Waals surface area contributed by atoms with Gasteiger partial charge in [0, 0.05) is 0 Å². The van der Waals surface area contributed by atoms with Crippen LogP contribution >= 0.6 is 0 Å². The summed E-state index contributed by atoms with van der Waals surface area (Å²) < 4.78 is 5.80. The van der Waals surface area contributed by atoms with Gasteiger partial charge in [0.2, 0.25) is 0 Å². The summed E-state index contributed by atoms with van der Waals surface area (Å²) in [5.74, 6) is 0.831. The number of hydrogen-bond acceptors (Lipinski definition) is 2. The second-order valence-electron chi connectivity index (χ2n) is 4.48. The number of benzene rings is 2. The van der Waals surface area contributed by atoms with Gasteiger partial charge in [-0.25, -0.2) is 0 Å². The summed E-state index contributed by atoms with van der Waals surface area (Å²) in [5.41, 5.74) is 3.10. The minimum absolute atomic E-state index is 0.468. The Morgan fingerprint density at radius 3 is 2.50 bits per heavy atom. The molecule has 2 rings (SSSR count). The summed E-state index contributed by atoms with van der Waals surface area (Å²) in [7, 11) is 0. The third-order valence-corrected chi connectivity index (χ3v) is 2.93. The van der Waals surface area contributed by atoms with Crippen molar-refractivity contribution in [1.82, 2.24) is 0 Å². The molecule has 0 aliphatic carbocycles. The lowest BCUT2D eigenvalue weighted by atomic mass is 9.64. The Labute approximate surface area is 108 Å². The van der Waals surface area contributed by atoms with Crippen molar-refractivity contribution in [2.75, 3.05) is 0 Å². The molecule has 0 fully saturated rings. The lowest BCUT2D eigenvalue weighted by Crippen LogP contribution is -2.26. The molecule has 1 N–H and O–H groups in total. The van der Waals surface area contributed by atoms with E-state index in [-0.39, 0.29) is 0 Å². The van der Waals surface area contributed by atoms with Gasteiger partial charge in [0.25, 0.3) is 0 Å². The molecule has 92 valence electrons. The first kappa shape index (κ1) is 12.7. The Hall–Kier alpha value is -1.74. The monoisotopic (exact) mass is 240 g/mol. The van der Waals surface area contributed by atoms with E-state index in [4.69, 9.17) is 4.74 Å². The highest BCUT2D eigenvalue weighted by atomic mass is 16.5. The number of hydrogen-bond donors (Lipinski definition) is 1. The Morgan fingerprint density at radius 1 is 1.11 bits per heavy atom. The van der Waals surface area contributed by atoms with Crippen LogP contribution in [-0.4, -0.2) is 11.9 Å². The van der Waals surface area contributed by atoms with Gasteiger partial charge in [-0.05, 0) is 29.6 Å². The van der Waals surface area contributed by atoms with Crippen LogP contribution in [0.5, 0.6) is 5.75 Å². The Kier molecular flexibility index (Phi) is 4.05. The molecule has 0 aliphatic heterocycles. The molecular weight excluding hydrogens is 223 g/mol. The number of aryl methyl sites for hydroxylation is 1. The lowest BCUT2D eigenvalue weighted by Gasteiger charge is -2.11. The van der Waals surface area contributed by atoms with Crippen LogP contribution in [0.25, 0.3) is 0 Å². The van der Waals surface area contributed by atoms with Gasteiger partial charge in [-0.2, -0.15) is 0 Å². The van der Waals surface area contributed by atoms with Crippen LogP contribution in [0.2, 0.25) is 6.82 Å². The molecule has 2 aromatic carbocycles. The smallest absolute Gasteiger partial charge is 0.320 e. The van der Waals surface area contributed by atoms with Crippen molar-refractivity contribution in [1.29, 1.82) is 0 Å². The zero-order chi connectivity index (χ0) is 13.0. The molecule has 0 saturated carbocycles. The third-order valence-electron chi connectivity index (χ3n) is 2.93. The second kappa shape index (κ2) is 5.74. The predicted molar refractivity (Wildman–Crippen MR) is 75.4 cm³/mol. The Bertz CT molecular complexity index is 509. The molecule has 0 spiro atoms. The minimum Gasteiger partial charge on any atom is -0.489 e. The number of rotatable bonds is 4. The van der Waals surface area contributed by atoms with Crippen molar-refractivity contribution in [3.05, 3.63) is 59.7 Å². The van der Waals surface area contributed by atoms with E-state index in [1.54, 1.807) is 6.82 Å². The van der Waals surface area contributed by atoms with Gasteiger partial charge in [0.15, 0.2) is 0 Å². The van der Waals surface area contributed by atoms with E-state index >= 15 is 0 Å². The van der Waals surface area contributed by atoms with Crippen molar-refractivity contribution in [3.8, 4) is 5.75 Å². The molecule has 0 radical (unpaired) electrons. The van der Waals surface area contributed by atoms with Gasteiger partial charge < -0.3 is 9.76 Å². The molecule has 0 amide bonds. The van der Waals surface area contributed by atoms with E-state index in [2.05, 4.69) is 0 Å². The summed E-state index contributed by atoms with van der Waals surface area (Å²) in [6.45, 7) is 3.84. The molecule has 0 saturated heterocycles. The van der Waals surface area contributed by atoms with E-state index in [9.17, 15) is 5.02 Å². The average molecular weight is 240 g/mol. The van der Waals surface area contributed by atoms with Gasteiger partial charge >= 0.3 is 6.92 Å². The maximum Gasteiger partial charge on any atom is 0.320 e. The van der Waals surface area contributed by atoms with Crippen LogP contribution in [-0.2, 0) is 6.61 Å². The summed E-state index contributed by atoms with van der Waals surface area (Å²) >= 11 is 0. The van der Waals surface area contributed by atoms with E-state index in [0.717, 1.165) is 22.3 Å². The fraction of sp³-hybridized carbons (Fsp3) is 0.200. The van der Waals surface area contributed by atoms with Crippen molar-refractivity contribution in [2.24, 2.45) is 0 Å². The minimum atomic E-state index is -0.468. The predicted octanol–water partition coefficient (Wildman–Crippen LogP) is 2.39. The van der Waals surface area contributed by atoms with E-state index in [0.29, 0.717) is 6.61 Å². The van der Waals surface area contributed by atoms with Gasteiger partial charge in [0.05, 0.1) is 0 Å². The molecular formula is C15H17BO2. The Morgan fingerprint density at radius 2 is 1.83 bits per heavy atom. The maximum absolute atomic E-state index is 9.57. The fourth-order valence-electron chi connectivity index (χ4n) is 1.77. The molecule has 0 aliphatic rings. The number of ether oxygens (including phenoxy) is 1. The second-order valence-corrected chi connectivity index (χ2v) is 4.48. The average Bonchev–Trinajstić information content (AvgIpc) is 2.38. The molecule has 0 aromatic heterocycles. The Balaban J connectivity index is 2.11. The van der Waals surface area contributed by atoms with Crippen LogP contribution < -0.4 is 10.2 Å². The molecule has 0 bridgehead atoms. The zero-order valence-electron chi connectivity index (χ0n) is 10.8. The van der Waals surface area contributed by atoms with Gasteiger partial charge in [-0.15, -0.1) is 0 Å². The zero-order valence-corrected chi connectivity index (χ0v) is 10.8. The van der Waals surface area contributed by atoms with Crippen LogP contribution in [0.1, 0.15) is 11.1 Å². The van der Waals surface area contributed by atoms with Crippen LogP contribution in [0, 0.1) is 6.92 Å². The molecule has 0 atom stereocenters. The van der Waals surface area contributed by atoms with Gasteiger partial charge in [-0.3, -0.25) is 0 Å². The first-order valence-corrected chi connectivity index (χ1v) is 6.12. The first-order valence-electron chi connectivity index (χ1n) is 6.12. The van der Waals surface area contributed by atoms with Crippen LogP contribution in [0.4, 0.5) is 0 Å². The highest BCUT2D eigenvalue weighted by molar-refractivity contribution is 6.64. The first-order chi connectivity index (χ1) is 8.66. The third kappa shape index (κ3) is 3.14. The molecule has 0 unspecified atom stereocenters. The quantitative estimate of drug-likeness (QED) is 0.831. The summed E-state index contributed by atoms with van der Waals surface area (Å²) in [6.07, 6.45) is 0. The molecule has 2 nitrogen and oxygen atoms in total. The largest absolute Gasteiger partial charge is 0.489 e. The van der Waals surface area contributed by atoms with Crippen LogP contribution in [0.3, 0.4) is 0 Å². The summed E-state index contributed by atoms with van der Waals surface area (Å²) in [4.78, 5) is 0. The van der Waals surface area contributed by atoms with E-state index in [1.165, 1.54) is 0 Å².